The van der Waals surface area contributed by atoms with Crippen molar-refractivity contribution in [2.75, 3.05) is 6.54 Å². The second-order valence-corrected chi connectivity index (χ2v) is 8.13. The van der Waals surface area contributed by atoms with Crippen molar-refractivity contribution >= 4 is 34.0 Å². The molecule has 4 nitrogen and oxygen atoms in total. The lowest BCUT2D eigenvalue weighted by molar-refractivity contribution is 0.361. The van der Waals surface area contributed by atoms with Gasteiger partial charge in [-0.25, -0.2) is 13.1 Å². The zero-order valence-electron chi connectivity index (χ0n) is 13.1. The molecule has 0 saturated carbocycles. The molecule has 1 fully saturated rings. The number of halogens is 2. The Balaban J connectivity index is 0.00000242. The Hall–Kier alpha value is -0.330. The van der Waals surface area contributed by atoms with Crippen LogP contribution in [0.1, 0.15) is 45.1 Å². The van der Waals surface area contributed by atoms with Gasteiger partial charge in [0.15, 0.2) is 0 Å². The normalized spacial score (nSPS) is 22.4. The van der Waals surface area contributed by atoms with Crippen molar-refractivity contribution in [2.45, 2.75) is 56.5 Å². The molecule has 1 saturated heterocycles. The molecular formula is C15H24Cl2N2O2S. The number of benzene rings is 1. The average Bonchev–Trinajstić information content (AvgIpc) is 2.38. The van der Waals surface area contributed by atoms with Crippen LogP contribution in [0.25, 0.3) is 0 Å². The monoisotopic (exact) mass is 366 g/mol. The largest absolute Gasteiger partial charge is 0.314 e. The molecule has 0 radical (unpaired) electrons. The number of hydrogen-bond donors (Lipinski definition) is 2. The summed E-state index contributed by atoms with van der Waals surface area (Å²) in [7, 11) is -3.58. The number of piperidine rings is 1. The van der Waals surface area contributed by atoms with Gasteiger partial charge in [-0.05, 0) is 49.9 Å². The second-order valence-electron chi connectivity index (χ2n) is 6.04. The summed E-state index contributed by atoms with van der Waals surface area (Å²) in [6, 6.07) is 5.50. The zero-order chi connectivity index (χ0) is 15.6. The quantitative estimate of drug-likeness (QED) is 0.859. The molecule has 2 rings (SSSR count). The summed E-state index contributed by atoms with van der Waals surface area (Å²) in [4.78, 5) is 0.182. The lowest BCUT2D eigenvalue weighted by Gasteiger charge is -2.28. The van der Waals surface area contributed by atoms with Crippen LogP contribution in [-0.2, 0) is 10.0 Å². The van der Waals surface area contributed by atoms with E-state index < -0.39 is 10.0 Å². The molecule has 1 aliphatic rings. The van der Waals surface area contributed by atoms with Gasteiger partial charge >= 0.3 is 0 Å². The summed E-state index contributed by atoms with van der Waals surface area (Å²) in [5.41, 5.74) is 0.971. The first-order valence-corrected chi connectivity index (χ1v) is 9.21. The van der Waals surface area contributed by atoms with E-state index in [2.05, 4.69) is 17.0 Å². The first-order chi connectivity index (χ1) is 9.79. The van der Waals surface area contributed by atoms with Crippen molar-refractivity contribution in [1.82, 2.24) is 10.0 Å². The Labute approximate surface area is 144 Å². The Morgan fingerprint density at radius 2 is 2.05 bits per heavy atom. The highest BCUT2D eigenvalue weighted by atomic mass is 35.5. The van der Waals surface area contributed by atoms with Crippen molar-refractivity contribution in [1.29, 1.82) is 0 Å². The molecule has 2 N–H and O–H groups in total. The van der Waals surface area contributed by atoms with Crippen LogP contribution in [0.5, 0.6) is 0 Å². The highest BCUT2D eigenvalue weighted by Gasteiger charge is 2.26. The summed E-state index contributed by atoms with van der Waals surface area (Å²) in [5.74, 6) is 0.259. The summed E-state index contributed by atoms with van der Waals surface area (Å²) in [5, 5.41) is 3.58. The van der Waals surface area contributed by atoms with E-state index in [1.807, 2.05) is 19.9 Å². The Kier molecular flexibility index (Phi) is 7.15. The van der Waals surface area contributed by atoms with Crippen molar-refractivity contribution in [3.05, 3.63) is 28.8 Å². The molecule has 22 heavy (non-hydrogen) atoms. The molecule has 2 unspecified atom stereocenters. The molecule has 0 aromatic heterocycles. The third-order valence-electron chi connectivity index (χ3n) is 3.86. The van der Waals surface area contributed by atoms with E-state index in [-0.39, 0.29) is 34.3 Å². The molecule has 0 aliphatic carbocycles. The predicted octanol–water partition coefficient (Wildman–Crippen LogP) is 3.30. The number of hydrogen-bond acceptors (Lipinski definition) is 3. The van der Waals surface area contributed by atoms with Gasteiger partial charge in [0.25, 0.3) is 0 Å². The molecule has 1 heterocycles. The molecule has 0 amide bonds. The van der Waals surface area contributed by atoms with Crippen LogP contribution in [0.3, 0.4) is 0 Å². The van der Waals surface area contributed by atoms with Gasteiger partial charge < -0.3 is 5.32 Å². The van der Waals surface area contributed by atoms with Gasteiger partial charge in [0.1, 0.15) is 4.90 Å². The van der Waals surface area contributed by atoms with Crippen LogP contribution in [0, 0.1) is 0 Å². The molecule has 1 aromatic rings. The fourth-order valence-corrected chi connectivity index (χ4v) is 4.42. The lowest BCUT2D eigenvalue weighted by atomic mass is 10.0. The molecule has 0 spiro atoms. The number of rotatable bonds is 4. The van der Waals surface area contributed by atoms with Gasteiger partial charge in [-0.2, -0.15) is 0 Å². The maximum Gasteiger partial charge on any atom is 0.242 e. The van der Waals surface area contributed by atoms with Crippen molar-refractivity contribution in [2.24, 2.45) is 0 Å². The standard InChI is InChI=1S/C15H23ClN2O2S.ClH/c1-10(2)12-4-5-14(16)15(9-12)21(19,20)18-13-6-7-17-11(3)8-13;/h4-5,9-11,13,17-18H,6-8H2,1-3H3;1H. The molecular weight excluding hydrogens is 343 g/mol. The van der Waals surface area contributed by atoms with E-state index >= 15 is 0 Å². The molecule has 2 atom stereocenters. The minimum Gasteiger partial charge on any atom is -0.314 e. The van der Waals surface area contributed by atoms with E-state index in [1.165, 1.54) is 0 Å². The summed E-state index contributed by atoms with van der Waals surface area (Å²) in [6.45, 7) is 6.95. The summed E-state index contributed by atoms with van der Waals surface area (Å²) in [6.07, 6.45) is 1.59. The van der Waals surface area contributed by atoms with Gasteiger partial charge in [-0.15, -0.1) is 12.4 Å². The minimum atomic E-state index is -3.58. The van der Waals surface area contributed by atoms with Crippen molar-refractivity contribution < 1.29 is 8.42 Å². The van der Waals surface area contributed by atoms with Crippen LogP contribution >= 0.6 is 24.0 Å². The lowest BCUT2D eigenvalue weighted by Crippen LogP contribution is -2.46. The van der Waals surface area contributed by atoms with Crippen molar-refractivity contribution in [3.63, 3.8) is 0 Å². The SMILES string of the molecule is CC1CC(NS(=O)(=O)c2cc(C(C)C)ccc2Cl)CCN1.Cl. The van der Waals surface area contributed by atoms with Gasteiger partial charge in [-0.1, -0.05) is 31.5 Å². The zero-order valence-corrected chi connectivity index (χ0v) is 15.5. The van der Waals surface area contributed by atoms with E-state index in [9.17, 15) is 8.42 Å². The molecule has 1 aromatic carbocycles. The van der Waals surface area contributed by atoms with E-state index in [4.69, 9.17) is 11.6 Å². The van der Waals surface area contributed by atoms with Gasteiger partial charge in [0, 0.05) is 12.1 Å². The molecule has 1 aliphatic heterocycles. The Morgan fingerprint density at radius 3 is 2.64 bits per heavy atom. The molecule has 7 heteroatoms. The third kappa shape index (κ3) is 4.83. The maximum atomic E-state index is 12.6. The average molecular weight is 367 g/mol. The first kappa shape index (κ1) is 19.7. The highest BCUT2D eigenvalue weighted by Crippen LogP contribution is 2.26. The van der Waals surface area contributed by atoms with E-state index in [0.29, 0.717) is 6.04 Å². The van der Waals surface area contributed by atoms with Crippen LogP contribution in [0.15, 0.2) is 23.1 Å². The highest BCUT2D eigenvalue weighted by molar-refractivity contribution is 7.89. The maximum absolute atomic E-state index is 12.6. The fourth-order valence-electron chi connectivity index (χ4n) is 2.61. The summed E-state index contributed by atoms with van der Waals surface area (Å²) >= 11 is 6.10. The topological polar surface area (TPSA) is 58.2 Å². The van der Waals surface area contributed by atoms with Crippen LogP contribution in [-0.4, -0.2) is 27.0 Å². The minimum absolute atomic E-state index is 0. The first-order valence-electron chi connectivity index (χ1n) is 7.34. The van der Waals surface area contributed by atoms with Gasteiger partial charge in [0.2, 0.25) is 10.0 Å². The second kappa shape index (κ2) is 7.97. The molecule has 0 bridgehead atoms. The van der Waals surface area contributed by atoms with Gasteiger partial charge in [0.05, 0.1) is 5.02 Å². The van der Waals surface area contributed by atoms with Crippen LogP contribution in [0.2, 0.25) is 5.02 Å². The van der Waals surface area contributed by atoms with E-state index in [1.54, 1.807) is 12.1 Å². The van der Waals surface area contributed by atoms with Crippen molar-refractivity contribution in [3.8, 4) is 0 Å². The Morgan fingerprint density at radius 1 is 1.36 bits per heavy atom. The number of nitrogens with one attached hydrogen (secondary N) is 2. The van der Waals surface area contributed by atoms with Crippen LogP contribution < -0.4 is 10.0 Å². The van der Waals surface area contributed by atoms with Gasteiger partial charge in [-0.3, -0.25) is 0 Å². The third-order valence-corrected chi connectivity index (χ3v) is 5.86. The summed E-state index contributed by atoms with van der Waals surface area (Å²) < 4.78 is 28.0. The molecule has 126 valence electrons. The van der Waals surface area contributed by atoms with E-state index in [0.717, 1.165) is 24.9 Å². The Bertz CT molecular complexity index is 606. The predicted molar refractivity (Wildman–Crippen MR) is 93.6 cm³/mol. The van der Waals surface area contributed by atoms with Crippen LogP contribution in [0.4, 0.5) is 0 Å². The number of sulfonamides is 1. The fraction of sp³-hybridized carbons (Fsp3) is 0.600. The smallest absolute Gasteiger partial charge is 0.242 e.